The third kappa shape index (κ3) is 4.89. The van der Waals surface area contributed by atoms with Crippen LogP contribution in [0, 0.1) is 12.8 Å². The zero-order chi connectivity index (χ0) is 24.4. The summed E-state index contributed by atoms with van der Waals surface area (Å²) in [5.41, 5.74) is 3.53. The number of carbonyl (C=O) groups is 2. The summed E-state index contributed by atoms with van der Waals surface area (Å²) in [7, 11) is 0. The number of aryl methyl sites for hydroxylation is 1. The molecule has 3 heterocycles. The second kappa shape index (κ2) is 10.1. The Bertz CT molecular complexity index is 1330. The molecule has 6 heteroatoms. The number of piperidine rings is 1. The Balaban J connectivity index is 1.17. The minimum Gasteiger partial charge on any atom is -0.355 e. The van der Waals surface area contributed by atoms with E-state index in [0.717, 1.165) is 21.1 Å². The number of fused-ring (bicyclic) bond motifs is 1. The van der Waals surface area contributed by atoms with Crippen molar-refractivity contribution in [3.63, 3.8) is 0 Å². The Labute approximate surface area is 210 Å². The number of hydrogen-bond acceptors (Lipinski definition) is 3. The molecule has 2 aromatic carbocycles. The summed E-state index contributed by atoms with van der Waals surface area (Å²) in [6.45, 7) is 6.09. The van der Waals surface area contributed by atoms with E-state index in [-0.39, 0.29) is 23.7 Å². The highest BCUT2D eigenvalue weighted by Gasteiger charge is 2.28. The van der Waals surface area contributed by atoms with Crippen LogP contribution in [0.3, 0.4) is 0 Å². The van der Waals surface area contributed by atoms with E-state index in [1.54, 1.807) is 0 Å². The topological polar surface area (TPSA) is 54.3 Å². The summed E-state index contributed by atoms with van der Waals surface area (Å²) in [4.78, 5) is 28.6. The highest BCUT2D eigenvalue weighted by molar-refractivity contribution is 7.16. The molecule has 0 saturated carbocycles. The van der Waals surface area contributed by atoms with Crippen molar-refractivity contribution in [2.75, 3.05) is 19.6 Å². The second-order valence-electron chi connectivity index (χ2n) is 9.44. The molecule has 1 fully saturated rings. The van der Waals surface area contributed by atoms with Crippen molar-refractivity contribution in [2.45, 2.75) is 32.6 Å². The minimum atomic E-state index is -0.0326. The smallest absolute Gasteiger partial charge is 0.263 e. The van der Waals surface area contributed by atoms with Gasteiger partial charge in [-0.3, -0.25) is 9.59 Å². The van der Waals surface area contributed by atoms with Gasteiger partial charge in [-0.1, -0.05) is 55.5 Å². The number of aromatic nitrogens is 1. The van der Waals surface area contributed by atoms with Gasteiger partial charge in [-0.15, -0.1) is 11.3 Å². The molecule has 1 aliphatic heterocycles. The summed E-state index contributed by atoms with van der Waals surface area (Å²) >= 11 is 1.53. The van der Waals surface area contributed by atoms with Crippen LogP contribution in [0.4, 0.5) is 0 Å². The molecule has 180 valence electrons. The Morgan fingerprint density at radius 2 is 1.71 bits per heavy atom. The summed E-state index contributed by atoms with van der Waals surface area (Å²) in [5, 5.41) is 5.37. The third-order valence-corrected chi connectivity index (χ3v) is 8.08. The number of hydrogen-bond donors (Lipinski definition) is 1. The fraction of sp³-hybridized carbons (Fsp3) is 0.310. The van der Waals surface area contributed by atoms with Crippen molar-refractivity contribution >= 4 is 34.1 Å². The zero-order valence-corrected chi connectivity index (χ0v) is 21.1. The van der Waals surface area contributed by atoms with Crippen LogP contribution in [0.2, 0.25) is 0 Å². The van der Waals surface area contributed by atoms with Crippen LogP contribution < -0.4 is 5.32 Å². The van der Waals surface area contributed by atoms with Gasteiger partial charge in [-0.05, 0) is 55.5 Å². The van der Waals surface area contributed by atoms with Crippen LogP contribution in [0.5, 0.6) is 0 Å². The summed E-state index contributed by atoms with van der Waals surface area (Å²) in [6.07, 6.45) is 1.41. The zero-order valence-electron chi connectivity index (χ0n) is 20.2. The Morgan fingerprint density at radius 1 is 1.00 bits per heavy atom. The number of para-hydroxylation sites is 1. The third-order valence-electron chi connectivity index (χ3n) is 7.02. The molecule has 1 N–H and O–H groups in total. The van der Waals surface area contributed by atoms with E-state index in [9.17, 15) is 9.59 Å². The van der Waals surface area contributed by atoms with Crippen molar-refractivity contribution in [1.82, 2.24) is 14.8 Å². The van der Waals surface area contributed by atoms with Gasteiger partial charge in [0.25, 0.3) is 5.91 Å². The van der Waals surface area contributed by atoms with Crippen LogP contribution >= 0.6 is 11.3 Å². The molecule has 5 rings (SSSR count). The van der Waals surface area contributed by atoms with Crippen molar-refractivity contribution in [2.24, 2.45) is 5.92 Å². The van der Waals surface area contributed by atoms with E-state index < -0.39 is 0 Å². The number of amides is 2. The van der Waals surface area contributed by atoms with E-state index in [0.29, 0.717) is 32.5 Å². The van der Waals surface area contributed by atoms with Crippen molar-refractivity contribution in [3.8, 4) is 5.00 Å². The van der Waals surface area contributed by atoms with Gasteiger partial charge < -0.3 is 14.8 Å². The molecular formula is C29H31N3O2S. The average Bonchev–Trinajstić information content (AvgIpc) is 3.50. The molecule has 1 saturated heterocycles. The number of thiophene rings is 1. The first kappa shape index (κ1) is 23.4. The Kier molecular flexibility index (Phi) is 6.73. The van der Waals surface area contributed by atoms with Gasteiger partial charge in [0.2, 0.25) is 5.91 Å². The lowest BCUT2D eigenvalue weighted by Gasteiger charge is -2.31. The molecule has 4 aromatic rings. The van der Waals surface area contributed by atoms with Crippen LogP contribution in [0.1, 0.15) is 46.6 Å². The van der Waals surface area contributed by atoms with Gasteiger partial charge in [0.05, 0.1) is 10.4 Å². The van der Waals surface area contributed by atoms with Gasteiger partial charge in [-0.25, -0.2) is 0 Å². The fourth-order valence-corrected chi connectivity index (χ4v) is 5.99. The van der Waals surface area contributed by atoms with E-state index >= 15 is 0 Å². The van der Waals surface area contributed by atoms with Crippen LogP contribution in [-0.2, 0) is 4.79 Å². The van der Waals surface area contributed by atoms with Crippen molar-refractivity contribution < 1.29 is 9.59 Å². The largest absolute Gasteiger partial charge is 0.355 e. The summed E-state index contributed by atoms with van der Waals surface area (Å²) in [5.74, 6) is 0.408. The Hall–Kier alpha value is -3.38. The number of rotatable bonds is 6. The number of nitrogens with one attached hydrogen (secondary N) is 1. The minimum absolute atomic E-state index is 0.0326. The van der Waals surface area contributed by atoms with Crippen LogP contribution in [0.25, 0.3) is 15.9 Å². The molecule has 2 amide bonds. The molecule has 35 heavy (non-hydrogen) atoms. The highest BCUT2D eigenvalue weighted by Crippen LogP contribution is 2.30. The molecule has 1 aliphatic rings. The second-order valence-corrected chi connectivity index (χ2v) is 10.5. The van der Waals surface area contributed by atoms with Crippen molar-refractivity contribution in [1.29, 1.82) is 0 Å². The predicted octanol–water partition coefficient (Wildman–Crippen LogP) is 5.77. The molecule has 0 spiro atoms. The van der Waals surface area contributed by atoms with E-state index in [4.69, 9.17) is 0 Å². The van der Waals surface area contributed by atoms with Gasteiger partial charge in [-0.2, -0.15) is 0 Å². The molecule has 0 bridgehead atoms. The first-order valence-electron chi connectivity index (χ1n) is 12.3. The van der Waals surface area contributed by atoms with Gasteiger partial charge in [0.1, 0.15) is 5.00 Å². The number of likely N-dealkylation sites (tertiary alicyclic amines) is 1. The van der Waals surface area contributed by atoms with Crippen molar-refractivity contribution in [3.05, 3.63) is 88.9 Å². The Morgan fingerprint density at radius 3 is 2.49 bits per heavy atom. The number of carbonyl (C=O) groups excluding carboxylic acids is 2. The quantitative estimate of drug-likeness (QED) is 0.377. The molecule has 2 aromatic heterocycles. The first-order chi connectivity index (χ1) is 17.0. The normalized spacial score (nSPS) is 15.3. The molecular weight excluding hydrogens is 454 g/mol. The first-order valence-corrected chi connectivity index (χ1v) is 13.1. The lowest BCUT2D eigenvalue weighted by molar-refractivity contribution is -0.126. The molecule has 0 radical (unpaired) electrons. The average molecular weight is 486 g/mol. The SMILES string of the molecule is Cc1cc2ccccc2n1-c1ccc(C(=O)N2CCC(C(=O)NCC(C)c3ccccc3)CC2)s1. The van der Waals surface area contributed by atoms with E-state index in [1.807, 2.05) is 47.4 Å². The maximum atomic E-state index is 13.2. The van der Waals surface area contributed by atoms with E-state index in [1.165, 1.54) is 22.3 Å². The number of benzene rings is 2. The predicted molar refractivity (Wildman–Crippen MR) is 142 cm³/mol. The standard InChI is InChI=1S/C29H31N3O2S/c1-20(22-8-4-3-5-9-22)19-30-28(33)23-14-16-31(17-15-23)29(34)26-12-13-27(35-26)32-21(2)18-24-10-6-7-11-25(24)32/h3-13,18,20,23H,14-17,19H2,1-2H3,(H,30,33). The van der Waals surface area contributed by atoms with Gasteiger partial charge in [0.15, 0.2) is 0 Å². The summed E-state index contributed by atoms with van der Waals surface area (Å²) in [6, 6.07) is 24.7. The lowest BCUT2D eigenvalue weighted by atomic mass is 9.95. The molecule has 5 nitrogen and oxygen atoms in total. The highest BCUT2D eigenvalue weighted by atomic mass is 32.1. The van der Waals surface area contributed by atoms with Crippen LogP contribution in [-0.4, -0.2) is 40.9 Å². The van der Waals surface area contributed by atoms with Gasteiger partial charge in [0, 0.05) is 36.6 Å². The maximum absolute atomic E-state index is 13.2. The molecule has 0 aliphatic carbocycles. The maximum Gasteiger partial charge on any atom is 0.263 e. The monoisotopic (exact) mass is 485 g/mol. The molecule has 1 atom stereocenters. The van der Waals surface area contributed by atoms with E-state index in [2.05, 4.69) is 54.1 Å². The lowest BCUT2D eigenvalue weighted by Crippen LogP contribution is -2.43. The van der Waals surface area contributed by atoms with Crippen LogP contribution in [0.15, 0.2) is 72.8 Å². The number of nitrogens with zero attached hydrogens (tertiary/aromatic N) is 2. The summed E-state index contributed by atoms with van der Waals surface area (Å²) < 4.78 is 2.21. The van der Waals surface area contributed by atoms with Gasteiger partial charge >= 0.3 is 0 Å². The molecule has 1 unspecified atom stereocenters. The fourth-order valence-electron chi connectivity index (χ4n) is 4.95.